The van der Waals surface area contributed by atoms with Crippen molar-refractivity contribution in [2.45, 2.75) is 19.9 Å². The molecule has 0 aliphatic heterocycles. The van der Waals surface area contributed by atoms with Gasteiger partial charge in [-0.2, -0.15) is 5.10 Å². The highest BCUT2D eigenvalue weighted by molar-refractivity contribution is 5.89. The van der Waals surface area contributed by atoms with Crippen LogP contribution in [0.5, 0.6) is 0 Å². The number of anilines is 1. The van der Waals surface area contributed by atoms with Gasteiger partial charge in [0.05, 0.1) is 16.9 Å². The second-order valence-corrected chi connectivity index (χ2v) is 4.33. The zero-order valence-corrected chi connectivity index (χ0v) is 11.1. The fourth-order valence-electron chi connectivity index (χ4n) is 2.02. The highest BCUT2D eigenvalue weighted by atomic mass is 16.4. The van der Waals surface area contributed by atoms with Gasteiger partial charge in [0.1, 0.15) is 0 Å². The van der Waals surface area contributed by atoms with Gasteiger partial charge in [0.2, 0.25) is 0 Å². The Labute approximate surface area is 111 Å². The lowest BCUT2D eigenvalue weighted by Crippen LogP contribution is -2.07. The number of hydrogen-bond donors (Lipinski definition) is 2. The van der Waals surface area contributed by atoms with Gasteiger partial charge in [-0.1, -0.05) is 25.1 Å². The highest BCUT2D eigenvalue weighted by Crippen LogP contribution is 2.16. The number of aryl methyl sites for hydroxylation is 2. The van der Waals surface area contributed by atoms with E-state index in [0.717, 1.165) is 23.4 Å². The smallest absolute Gasteiger partial charge is 0.336 e. The second kappa shape index (κ2) is 5.56. The molecule has 19 heavy (non-hydrogen) atoms. The molecule has 0 saturated carbocycles. The molecule has 100 valence electrons. The van der Waals surface area contributed by atoms with Gasteiger partial charge in [-0.05, 0) is 18.1 Å². The molecule has 2 rings (SSSR count). The maximum atomic E-state index is 11.1. The normalized spacial score (nSPS) is 10.4. The molecule has 1 aromatic carbocycles. The van der Waals surface area contributed by atoms with Gasteiger partial charge in [-0.25, -0.2) is 4.79 Å². The van der Waals surface area contributed by atoms with E-state index in [9.17, 15) is 4.79 Å². The summed E-state index contributed by atoms with van der Waals surface area (Å²) < 4.78 is 1.75. The predicted molar refractivity (Wildman–Crippen MR) is 73.3 cm³/mol. The van der Waals surface area contributed by atoms with E-state index in [1.807, 2.05) is 32.3 Å². The van der Waals surface area contributed by atoms with E-state index in [1.54, 1.807) is 16.8 Å². The van der Waals surface area contributed by atoms with Crippen LogP contribution in [0, 0.1) is 0 Å². The third kappa shape index (κ3) is 2.93. The zero-order valence-electron chi connectivity index (χ0n) is 11.1. The number of benzene rings is 1. The Kier molecular flexibility index (Phi) is 3.85. The number of aromatic carboxylic acids is 1. The average molecular weight is 259 g/mol. The van der Waals surface area contributed by atoms with E-state index >= 15 is 0 Å². The minimum absolute atomic E-state index is 0.330. The highest BCUT2D eigenvalue weighted by Gasteiger charge is 2.10. The number of rotatable bonds is 5. The van der Waals surface area contributed by atoms with Gasteiger partial charge < -0.3 is 10.4 Å². The van der Waals surface area contributed by atoms with Crippen molar-refractivity contribution in [3.63, 3.8) is 0 Å². The van der Waals surface area contributed by atoms with E-state index in [4.69, 9.17) is 5.11 Å². The number of aromatic nitrogens is 2. The Morgan fingerprint density at radius 3 is 2.84 bits per heavy atom. The summed E-state index contributed by atoms with van der Waals surface area (Å²) in [5.41, 5.74) is 3.03. The summed E-state index contributed by atoms with van der Waals surface area (Å²) in [6.07, 6.45) is 2.74. The first-order chi connectivity index (χ1) is 9.11. The van der Waals surface area contributed by atoms with Crippen LogP contribution >= 0.6 is 0 Å². The summed E-state index contributed by atoms with van der Waals surface area (Å²) in [7, 11) is 1.87. The molecule has 0 spiro atoms. The lowest BCUT2D eigenvalue weighted by atomic mass is 10.1. The van der Waals surface area contributed by atoms with Crippen LogP contribution < -0.4 is 5.32 Å². The molecule has 0 unspecified atom stereocenters. The van der Waals surface area contributed by atoms with E-state index in [1.165, 1.54) is 0 Å². The van der Waals surface area contributed by atoms with Gasteiger partial charge in [-0.3, -0.25) is 4.68 Å². The lowest BCUT2D eigenvalue weighted by molar-refractivity contribution is 0.0696. The first-order valence-electron chi connectivity index (χ1n) is 6.19. The van der Waals surface area contributed by atoms with Crippen molar-refractivity contribution >= 4 is 11.7 Å². The molecule has 0 fully saturated rings. The molecule has 5 nitrogen and oxygen atoms in total. The van der Waals surface area contributed by atoms with Crippen LogP contribution in [0.3, 0.4) is 0 Å². The van der Waals surface area contributed by atoms with Crippen molar-refractivity contribution in [3.05, 3.63) is 47.3 Å². The van der Waals surface area contributed by atoms with E-state index in [2.05, 4.69) is 10.4 Å². The Morgan fingerprint density at radius 2 is 2.16 bits per heavy atom. The van der Waals surface area contributed by atoms with Crippen LogP contribution in [0.15, 0.2) is 30.5 Å². The van der Waals surface area contributed by atoms with Crippen LogP contribution in [-0.2, 0) is 20.0 Å². The molecule has 2 aromatic rings. The number of carbonyl (C=O) groups is 1. The summed E-state index contributed by atoms with van der Waals surface area (Å²) in [4.78, 5) is 11.1. The van der Waals surface area contributed by atoms with Crippen molar-refractivity contribution < 1.29 is 9.90 Å². The second-order valence-electron chi connectivity index (χ2n) is 4.33. The molecular weight excluding hydrogens is 242 g/mol. The maximum Gasteiger partial charge on any atom is 0.336 e. The number of nitrogens with one attached hydrogen (secondary N) is 1. The summed E-state index contributed by atoms with van der Waals surface area (Å²) in [5, 5.41) is 16.7. The minimum Gasteiger partial charge on any atom is -0.478 e. The third-order valence-electron chi connectivity index (χ3n) is 2.96. The molecular formula is C14H17N3O2. The van der Waals surface area contributed by atoms with Crippen LogP contribution in [0.1, 0.15) is 28.5 Å². The maximum absolute atomic E-state index is 11.1. The molecule has 1 aromatic heterocycles. The summed E-state index contributed by atoms with van der Waals surface area (Å²) >= 11 is 0. The average Bonchev–Trinajstić information content (AvgIpc) is 2.77. The lowest BCUT2D eigenvalue weighted by Gasteiger charge is -2.08. The van der Waals surface area contributed by atoms with Crippen LogP contribution in [0.2, 0.25) is 0 Å². The van der Waals surface area contributed by atoms with E-state index in [-0.39, 0.29) is 0 Å². The van der Waals surface area contributed by atoms with Crippen LogP contribution in [-0.4, -0.2) is 20.9 Å². The Morgan fingerprint density at radius 1 is 1.42 bits per heavy atom. The fraction of sp³-hybridized carbons (Fsp3) is 0.286. The summed E-state index contributed by atoms with van der Waals surface area (Å²) in [6.45, 7) is 2.51. The molecule has 1 heterocycles. The van der Waals surface area contributed by atoms with E-state index in [0.29, 0.717) is 12.1 Å². The SMILES string of the molecule is CCc1nn(C)cc1NCc1ccccc1C(=O)O. The van der Waals surface area contributed by atoms with Gasteiger partial charge in [0, 0.05) is 19.8 Å². The predicted octanol–water partition coefficient (Wildman–Crippen LogP) is 2.29. The largest absolute Gasteiger partial charge is 0.478 e. The molecule has 2 N–H and O–H groups in total. The first kappa shape index (κ1) is 13.1. The standard InChI is InChI=1S/C14H17N3O2/c1-3-12-13(9-17(2)16-12)15-8-10-6-4-5-7-11(10)14(18)19/h4-7,9,15H,3,8H2,1-2H3,(H,18,19). The molecule has 0 bridgehead atoms. The molecule has 0 saturated heterocycles. The quantitative estimate of drug-likeness (QED) is 0.864. The minimum atomic E-state index is -0.903. The molecule has 0 radical (unpaired) electrons. The van der Waals surface area contributed by atoms with Crippen molar-refractivity contribution in [1.29, 1.82) is 0 Å². The van der Waals surface area contributed by atoms with Crippen molar-refractivity contribution in [2.75, 3.05) is 5.32 Å². The molecule has 0 aliphatic carbocycles. The monoisotopic (exact) mass is 259 g/mol. The third-order valence-corrected chi connectivity index (χ3v) is 2.96. The zero-order chi connectivity index (χ0) is 13.8. The fourth-order valence-corrected chi connectivity index (χ4v) is 2.02. The number of nitrogens with zero attached hydrogens (tertiary/aromatic N) is 2. The Balaban J connectivity index is 2.16. The van der Waals surface area contributed by atoms with Crippen LogP contribution in [0.25, 0.3) is 0 Å². The first-order valence-corrected chi connectivity index (χ1v) is 6.19. The number of carboxylic acid groups (broad SMARTS) is 1. The molecule has 5 heteroatoms. The van der Waals surface area contributed by atoms with Gasteiger partial charge in [-0.15, -0.1) is 0 Å². The van der Waals surface area contributed by atoms with Crippen molar-refractivity contribution in [3.8, 4) is 0 Å². The summed E-state index contributed by atoms with van der Waals surface area (Å²) in [5.74, 6) is -0.903. The van der Waals surface area contributed by atoms with Gasteiger partial charge >= 0.3 is 5.97 Å². The molecule has 0 atom stereocenters. The van der Waals surface area contributed by atoms with Crippen molar-refractivity contribution in [1.82, 2.24) is 9.78 Å². The molecule has 0 amide bonds. The van der Waals surface area contributed by atoms with Crippen LogP contribution in [0.4, 0.5) is 5.69 Å². The number of hydrogen-bond acceptors (Lipinski definition) is 3. The van der Waals surface area contributed by atoms with Crippen molar-refractivity contribution in [2.24, 2.45) is 7.05 Å². The Bertz CT molecular complexity index is 590. The Hall–Kier alpha value is -2.30. The van der Waals surface area contributed by atoms with E-state index < -0.39 is 5.97 Å². The van der Waals surface area contributed by atoms with Gasteiger partial charge in [0.25, 0.3) is 0 Å². The van der Waals surface area contributed by atoms with Gasteiger partial charge in [0.15, 0.2) is 0 Å². The topological polar surface area (TPSA) is 67.2 Å². The summed E-state index contributed by atoms with van der Waals surface area (Å²) in [6, 6.07) is 7.00. The number of carboxylic acids is 1. The molecule has 0 aliphatic rings.